The SMILES string of the molecule is CNC(=O)c1cc(Oc2ccc(NC(=O)Nc3cc(C(F)(F)F)ccc3-n3ccnc3)cc2)ccn1. The van der Waals surface area contributed by atoms with Crippen molar-refractivity contribution in [2.75, 3.05) is 17.7 Å². The van der Waals surface area contributed by atoms with Crippen molar-refractivity contribution in [2.45, 2.75) is 6.18 Å². The third-order valence-corrected chi connectivity index (χ3v) is 4.89. The number of urea groups is 1. The Morgan fingerprint density at radius 3 is 2.39 bits per heavy atom. The van der Waals surface area contributed by atoms with Gasteiger partial charge in [-0.2, -0.15) is 13.2 Å². The first kappa shape index (κ1) is 24.3. The van der Waals surface area contributed by atoms with Crippen molar-refractivity contribution in [1.82, 2.24) is 19.9 Å². The lowest BCUT2D eigenvalue weighted by Gasteiger charge is -2.15. The molecule has 4 rings (SSSR count). The molecule has 0 atom stereocenters. The van der Waals surface area contributed by atoms with Crippen molar-refractivity contribution in [3.8, 4) is 17.2 Å². The zero-order valence-corrected chi connectivity index (χ0v) is 18.7. The van der Waals surface area contributed by atoms with Crippen molar-refractivity contribution < 1.29 is 27.5 Å². The summed E-state index contributed by atoms with van der Waals surface area (Å²) in [5, 5.41) is 7.50. The van der Waals surface area contributed by atoms with Crippen LogP contribution in [0.15, 0.2) is 79.5 Å². The van der Waals surface area contributed by atoms with E-state index in [2.05, 4.69) is 25.9 Å². The molecule has 9 nitrogen and oxygen atoms in total. The summed E-state index contributed by atoms with van der Waals surface area (Å²) >= 11 is 0. The zero-order valence-electron chi connectivity index (χ0n) is 18.7. The molecular formula is C24H19F3N6O3. The molecule has 0 bridgehead atoms. The summed E-state index contributed by atoms with van der Waals surface area (Å²) in [6, 6.07) is 11.6. The molecule has 0 unspecified atom stereocenters. The Balaban J connectivity index is 1.46. The summed E-state index contributed by atoms with van der Waals surface area (Å²) in [4.78, 5) is 32.1. The fourth-order valence-corrected chi connectivity index (χ4v) is 3.19. The molecule has 2 heterocycles. The number of carbonyl (C=O) groups excluding carboxylic acids is 2. The molecule has 0 saturated heterocycles. The van der Waals surface area contributed by atoms with Crippen LogP contribution in [0, 0.1) is 0 Å². The molecule has 12 heteroatoms. The van der Waals surface area contributed by atoms with E-state index in [0.717, 1.165) is 12.1 Å². The third-order valence-electron chi connectivity index (χ3n) is 4.89. The van der Waals surface area contributed by atoms with Crippen LogP contribution >= 0.6 is 0 Å². The molecule has 0 radical (unpaired) electrons. The van der Waals surface area contributed by atoms with Gasteiger partial charge in [0.2, 0.25) is 0 Å². The number of ether oxygens (including phenoxy) is 1. The van der Waals surface area contributed by atoms with Crippen molar-refractivity contribution in [1.29, 1.82) is 0 Å². The van der Waals surface area contributed by atoms with Gasteiger partial charge >= 0.3 is 12.2 Å². The molecule has 0 saturated carbocycles. The minimum atomic E-state index is -4.58. The molecule has 36 heavy (non-hydrogen) atoms. The van der Waals surface area contributed by atoms with E-state index < -0.39 is 17.8 Å². The minimum absolute atomic E-state index is 0.0510. The molecule has 0 aliphatic carbocycles. The molecule has 0 fully saturated rings. The van der Waals surface area contributed by atoms with Gasteiger partial charge in [-0.15, -0.1) is 0 Å². The minimum Gasteiger partial charge on any atom is -0.457 e. The smallest absolute Gasteiger partial charge is 0.416 e. The average Bonchev–Trinajstić information content (AvgIpc) is 3.39. The molecule has 0 aliphatic heterocycles. The van der Waals surface area contributed by atoms with E-state index in [1.807, 2.05) is 0 Å². The van der Waals surface area contributed by atoms with Gasteiger partial charge in [-0.1, -0.05) is 0 Å². The Morgan fingerprint density at radius 2 is 1.72 bits per heavy atom. The summed E-state index contributed by atoms with van der Waals surface area (Å²) < 4.78 is 46.8. The van der Waals surface area contributed by atoms with Crippen LogP contribution in [0.3, 0.4) is 0 Å². The number of rotatable bonds is 6. The number of pyridine rings is 1. The number of benzene rings is 2. The number of nitrogens with zero attached hydrogens (tertiary/aromatic N) is 3. The maximum absolute atomic E-state index is 13.2. The number of carbonyl (C=O) groups is 2. The van der Waals surface area contributed by atoms with Crippen LogP contribution < -0.4 is 20.7 Å². The lowest BCUT2D eigenvalue weighted by Crippen LogP contribution is -2.21. The van der Waals surface area contributed by atoms with Crippen LogP contribution in [-0.4, -0.2) is 33.5 Å². The molecule has 4 aromatic rings. The largest absolute Gasteiger partial charge is 0.457 e. The summed E-state index contributed by atoms with van der Waals surface area (Å²) in [6.45, 7) is 0. The number of hydrogen-bond donors (Lipinski definition) is 3. The van der Waals surface area contributed by atoms with Crippen molar-refractivity contribution >= 4 is 23.3 Å². The molecule has 0 spiro atoms. The Kier molecular flexibility index (Phi) is 6.86. The Hall–Kier alpha value is -4.87. The number of imidazole rings is 1. The number of amides is 3. The standard InChI is InChI=1S/C24H19F3N6O3/c1-28-22(34)20-13-18(8-9-30-20)36-17-5-3-16(4-6-17)31-23(35)32-19-12-15(24(25,26)27)2-7-21(19)33-11-10-29-14-33/h2-14H,1H3,(H,28,34)(H2,31,32,35). The predicted molar refractivity (Wildman–Crippen MR) is 125 cm³/mol. The number of hydrogen-bond acceptors (Lipinski definition) is 5. The summed E-state index contributed by atoms with van der Waals surface area (Å²) in [7, 11) is 1.49. The van der Waals surface area contributed by atoms with Gasteiger partial charge < -0.3 is 25.3 Å². The zero-order chi connectivity index (χ0) is 25.7. The Morgan fingerprint density at radius 1 is 0.944 bits per heavy atom. The Bertz CT molecular complexity index is 1370. The van der Waals surface area contributed by atoms with Crippen LogP contribution in [0.25, 0.3) is 5.69 Å². The van der Waals surface area contributed by atoms with Gasteiger partial charge in [0.05, 0.1) is 23.3 Å². The topological polar surface area (TPSA) is 110 Å². The number of anilines is 2. The van der Waals surface area contributed by atoms with Crippen molar-refractivity contribution in [3.63, 3.8) is 0 Å². The quantitative estimate of drug-likeness (QED) is 0.345. The van der Waals surface area contributed by atoms with E-state index in [-0.39, 0.29) is 17.3 Å². The molecule has 2 aromatic carbocycles. The molecule has 2 aromatic heterocycles. The normalized spacial score (nSPS) is 11.0. The average molecular weight is 496 g/mol. The maximum atomic E-state index is 13.2. The van der Waals surface area contributed by atoms with E-state index in [1.54, 1.807) is 36.5 Å². The monoisotopic (exact) mass is 496 g/mol. The Labute approximate surface area is 203 Å². The van der Waals surface area contributed by atoms with E-state index in [9.17, 15) is 22.8 Å². The highest BCUT2D eigenvalue weighted by molar-refractivity contribution is 6.01. The number of nitrogens with one attached hydrogen (secondary N) is 3. The van der Waals surface area contributed by atoms with Crippen LogP contribution in [-0.2, 0) is 6.18 Å². The maximum Gasteiger partial charge on any atom is 0.416 e. The van der Waals surface area contributed by atoms with Crippen LogP contribution in [0.2, 0.25) is 0 Å². The highest BCUT2D eigenvalue weighted by Crippen LogP contribution is 2.33. The second-order valence-corrected chi connectivity index (χ2v) is 7.36. The molecule has 0 aliphatic rings. The summed E-state index contributed by atoms with van der Waals surface area (Å²) in [5.74, 6) is 0.455. The number of alkyl halides is 3. The lowest BCUT2D eigenvalue weighted by atomic mass is 10.1. The molecule has 3 amide bonds. The van der Waals surface area contributed by atoms with Crippen LogP contribution in [0.5, 0.6) is 11.5 Å². The fraction of sp³-hybridized carbons (Fsp3) is 0.0833. The van der Waals surface area contributed by atoms with Gasteiger partial charge in [0.1, 0.15) is 17.2 Å². The van der Waals surface area contributed by atoms with Gasteiger partial charge in [0.15, 0.2) is 0 Å². The van der Waals surface area contributed by atoms with Crippen LogP contribution in [0.1, 0.15) is 16.1 Å². The number of halogens is 3. The van der Waals surface area contributed by atoms with Crippen molar-refractivity contribution in [3.05, 3.63) is 90.8 Å². The first-order chi connectivity index (χ1) is 17.2. The third kappa shape index (κ3) is 5.78. The fourth-order valence-electron chi connectivity index (χ4n) is 3.19. The van der Waals surface area contributed by atoms with E-state index in [4.69, 9.17) is 4.74 Å². The van der Waals surface area contributed by atoms with E-state index in [1.165, 1.54) is 42.5 Å². The first-order valence-electron chi connectivity index (χ1n) is 10.5. The highest BCUT2D eigenvalue weighted by atomic mass is 19.4. The first-order valence-corrected chi connectivity index (χ1v) is 10.5. The van der Waals surface area contributed by atoms with Gasteiger partial charge in [-0.3, -0.25) is 9.78 Å². The van der Waals surface area contributed by atoms with Gasteiger partial charge in [-0.25, -0.2) is 9.78 Å². The van der Waals surface area contributed by atoms with Crippen LogP contribution in [0.4, 0.5) is 29.3 Å². The van der Waals surface area contributed by atoms with Gasteiger partial charge in [0, 0.05) is 37.4 Å². The lowest BCUT2D eigenvalue weighted by molar-refractivity contribution is -0.137. The summed E-state index contributed by atoms with van der Waals surface area (Å²) in [5.41, 5.74) is -0.0805. The van der Waals surface area contributed by atoms with E-state index in [0.29, 0.717) is 22.9 Å². The summed E-state index contributed by atoms with van der Waals surface area (Å²) in [6.07, 6.45) is 1.28. The van der Waals surface area contributed by atoms with Crippen molar-refractivity contribution in [2.24, 2.45) is 0 Å². The van der Waals surface area contributed by atoms with Gasteiger partial charge in [-0.05, 0) is 48.5 Å². The van der Waals surface area contributed by atoms with E-state index >= 15 is 0 Å². The second kappa shape index (κ2) is 10.2. The second-order valence-electron chi connectivity index (χ2n) is 7.36. The molecular weight excluding hydrogens is 477 g/mol. The molecule has 3 N–H and O–H groups in total. The predicted octanol–water partition coefficient (Wildman–Crippen LogP) is 5.08. The van der Waals surface area contributed by atoms with Gasteiger partial charge in [0.25, 0.3) is 5.91 Å². The molecule has 184 valence electrons. The highest BCUT2D eigenvalue weighted by Gasteiger charge is 2.31. The number of aromatic nitrogens is 3.